The van der Waals surface area contributed by atoms with Crippen LogP contribution in [-0.2, 0) is 0 Å². The van der Waals surface area contributed by atoms with E-state index in [2.05, 4.69) is 0 Å². The first kappa shape index (κ1) is 16.2. The normalized spacial score (nSPS) is 10.8. The fraction of sp³-hybridized carbons (Fsp3) is 0.0870. The molecule has 0 saturated heterocycles. The van der Waals surface area contributed by atoms with Crippen molar-refractivity contribution >= 4 is 27.3 Å². The molecule has 3 nitrogen and oxygen atoms in total. The third-order valence-electron chi connectivity index (χ3n) is 4.62. The van der Waals surface area contributed by atoms with Gasteiger partial charge in [-0.3, -0.25) is 4.79 Å². The Hall–Kier alpha value is -3.33. The van der Waals surface area contributed by atoms with Crippen LogP contribution in [0.15, 0.2) is 72.8 Å². The van der Waals surface area contributed by atoms with Gasteiger partial charge >= 0.3 is 0 Å². The van der Waals surface area contributed by atoms with E-state index in [0.717, 1.165) is 27.3 Å². The second-order valence-corrected chi connectivity index (χ2v) is 6.16. The summed E-state index contributed by atoms with van der Waals surface area (Å²) in [5.74, 6) is 1.28. The number of hydrogen-bond donors (Lipinski definition) is 0. The van der Waals surface area contributed by atoms with E-state index < -0.39 is 0 Å². The highest BCUT2D eigenvalue weighted by atomic mass is 16.5. The van der Waals surface area contributed by atoms with E-state index in [9.17, 15) is 4.79 Å². The van der Waals surface area contributed by atoms with Gasteiger partial charge in [-0.25, -0.2) is 0 Å². The van der Waals surface area contributed by atoms with Gasteiger partial charge in [0.1, 0.15) is 11.5 Å². The zero-order valence-corrected chi connectivity index (χ0v) is 14.7. The molecule has 0 saturated carbocycles. The Bertz CT molecular complexity index is 1130. The molecule has 0 aromatic heterocycles. The second-order valence-electron chi connectivity index (χ2n) is 6.16. The predicted molar refractivity (Wildman–Crippen MR) is 104 cm³/mol. The third kappa shape index (κ3) is 2.78. The minimum atomic E-state index is -0.0506. The SMILES string of the molecule is COc1ccc2cc(C(=O)c3ccc4ccccc4c3)c(OC)cc2c1. The Morgan fingerprint density at radius 1 is 0.692 bits per heavy atom. The van der Waals surface area contributed by atoms with Crippen molar-refractivity contribution in [2.75, 3.05) is 14.2 Å². The molecule has 0 bridgehead atoms. The van der Waals surface area contributed by atoms with Gasteiger partial charge in [0.25, 0.3) is 0 Å². The molecular formula is C23H18O3. The monoisotopic (exact) mass is 342 g/mol. The summed E-state index contributed by atoms with van der Waals surface area (Å²) in [6.07, 6.45) is 0. The molecule has 26 heavy (non-hydrogen) atoms. The maximum atomic E-state index is 13.1. The number of benzene rings is 4. The summed E-state index contributed by atoms with van der Waals surface area (Å²) in [6.45, 7) is 0. The fourth-order valence-electron chi connectivity index (χ4n) is 3.21. The molecule has 3 heteroatoms. The zero-order chi connectivity index (χ0) is 18.1. The van der Waals surface area contributed by atoms with Crippen molar-refractivity contribution in [3.63, 3.8) is 0 Å². The summed E-state index contributed by atoms with van der Waals surface area (Å²) in [5, 5.41) is 4.09. The first-order chi connectivity index (χ1) is 12.7. The molecule has 4 aromatic carbocycles. The van der Waals surface area contributed by atoms with E-state index in [1.54, 1.807) is 14.2 Å². The van der Waals surface area contributed by atoms with Crippen LogP contribution in [0.5, 0.6) is 11.5 Å². The largest absolute Gasteiger partial charge is 0.497 e. The molecule has 0 radical (unpaired) electrons. The Kier molecular flexibility index (Phi) is 4.05. The lowest BCUT2D eigenvalue weighted by Crippen LogP contribution is -2.04. The van der Waals surface area contributed by atoms with Crippen molar-refractivity contribution in [1.29, 1.82) is 0 Å². The van der Waals surface area contributed by atoms with E-state index in [-0.39, 0.29) is 5.78 Å². The zero-order valence-electron chi connectivity index (χ0n) is 14.7. The molecule has 0 unspecified atom stereocenters. The van der Waals surface area contributed by atoms with E-state index in [4.69, 9.17) is 9.47 Å². The molecule has 0 atom stereocenters. The summed E-state index contributed by atoms with van der Waals surface area (Å²) in [4.78, 5) is 13.1. The van der Waals surface area contributed by atoms with Crippen LogP contribution in [0.3, 0.4) is 0 Å². The minimum absolute atomic E-state index is 0.0506. The Morgan fingerprint density at radius 3 is 2.19 bits per heavy atom. The highest BCUT2D eigenvalue weighted by Crippen LogP contribution is 2.30. The second kappa shape index (κ2) is 6.52. The quantitative estimate of drug-likeness (QED) is 0.476. The molecule has 0 heterocycles. The van der Waals surface area contributed by atoms with Gasteiger partial charge in [0.2, 0.25) is 0 Å². The maximum absolute atomic E-state index is 13.1. The molecule has 4 rings (SSSR count). The van der Waals surface area contributed by atoms with Gasteiger partial charge in [-0.2, -0.15) is 0 Å². The Morgan fingerprint density at radius 2 is 1.42 bits per heavy atom. The number of ether oxygens (including phenoxy) is 2. The van der Waals surface area contributed by atoms with Crippen LogP contribution < -0.4 is 9.47 Å². The fourth-order valence-corrected chi connectivity index (χ4v) is 3.21. The first-order valence-corrected chi connectivity index (χ1v) is 8.39. The maximum Gasteiger partial charge on any atom is 0.196 e. The van der Waals surface area contributed by atoms with Crippen LogP contribution in [0.2, 0.25) is 0 Å². The molecule has 0 N–H and O–H groups in total. The molecule has 4 aromatic rings. The lowest BCUT2D eigenvalue weighted by molar-refractivity contribution is 0.103. The van der Waals surface area contributed by atoms with Crippen LogP contribution in [-0.4, -0.2) is 20.0 Å². The van der Waals surface area contributed by atoms with Gasteiger partial charge < -0.3 is 9.47 Å². The standard InChI is InChI=1S/C23H18O3/c1-25-20-10-9-17-13-21(22(26-2)14-19(17)12-20)23(24)18-8-7-15-5-3-4-6-16(15)11-18/h3-14H,1-2H3. The summed E-state index contributed by atoms with van der Waals surface area (Å²) in [5.41, 5.74) is 1.20. The molecule has 0 aliphatic rings. The number of carbonyl (C=O) groups excluding carboxylic acids is 1. The number of methoxy groups -OCH3 is 2. The molecule has 0 spiro atoms. The van der Waals surface area contributed by atoms with Gasteiger partial charge in [0.15, 0.2) is 5.78 Å². The summed E-state index contributed by atoms with van der Waals surface area (Å²) in [6, 6.07) is 23.3. The summed E-state index contributed by atoms with van der Waals surface area (Å²) >= 11 is 0. The van der Waals surface area contributed by atoms with Gasteiger partial charge in [0.05, 0.1) is 19.8 Å². The number of ketones is 1. The Balaban J connectivity index is 1.84. The van der Waals surface area contributed by atoms with E-state index in [0.29, 0.717) is 16.9 Å². The van der Waals surface area contributed by atoms with Crippen molar-refractivity contribution in [2.45, 2.75) is 0 Å². The van der Waals surface area contributed by atoms with Crippen molar-refractivity contribution in [2.24, 2.45) is 0 Å². The lowest BCUT2D eigenvalue weighted by atomic mass is 9.97. The molecular weight excluding hydrogens is 324 g/mol. The minimum Gasteiger partial charge on any atom is -0.497 e. The van der Waals surface area contributed by atoms with Crippen LogP contribution in [0.25, 0.3) is 21.5 Å². The first-order valence-electron chi connectivity index (χ1n) is 8.39. The topological polar surface area (TPSA) is 35.5 Å². The lowest BCUT2D eigenvalue weighted by Gasteiger charge is -2.11. The molecule has 0 fully saturated rings. The third-order valence-corrected chi connectivity index (χ3v) is 4.62. The van der Waals surface area contributed by atoms with Gasteiger partial charge in [-0.05, 0) is 51.9 Å². The van der Waals surface area contributed by atoms with Crippen molar-refractivity contribution in [3.05, 3.63) is 83.9 Å². The predicted octanol–water partition coefficient (Wildman–Crippen LogP) is 5.24. The summed E-state index contributed by atoms with van der Waals surface area (Å²) in [7, 11) is 3.22. The number of fused-ring (bicyclic) bond motifs is 2. The number of hydrogen-bond acceptors (Lipinski definition) is 3. The van der Waals surface area contributed by atoms with E-state index in [1.807, 2.05) is 72.8 Å². The number of carbonyl (C=O) groups is 1. The molecule has 128 valence electrons. The van der Waals surface area contributed by atoms with Crippen LogP contribution in [0.4, 0.5) is 0 Å². The smallest absolute Gasteiger partial charge is 0.196 e. The van der Waals surface area contributed by atoms with Crippen molar-refractivity contribution < 1.29 is 14.3 Å². The highest BCUT2D eigenvalue weighted by Gasteiger charge is 2.16. The molecule has 0 aliphatic carbocycles. The van der Waals surface area contributed by atoms with Gasteiger partial charge in [-0.15, -0.1) is 0 Å². The van der Waals surface area contributed by atoms with Gasteiger partial charge in [-0.1, -0.05) is 42.5 Å². The van der Waals surface area contributed by atoms with Crippen LogP contribution in [0.1, 0.15) is 15.9 Å². The highest BCUT2D eigenvalue weighted by molar-refractivity contribution is 6.14. The van der Waals surface area contributed by atoms with Gasteiger partial charge in [0, 0.05) is 5.56 Å². The van der Waals surface area contributed by atoms with Crippen LogP contribution in [0, 0.1) is 0 Å². The average molecular weight is 342 g/mol. The van der Waals surface area contributed by atoms with Crippen LogP contribution >= 0.6 is 0 Å². The van der Waals surface area contributed by atoms with Crippen molar-refractivity contribution in [1.82, 2.24) is 0 Å². The molecule has 0 aliphatic heterocycles. The van der Waals surface area contributed by atoms with E-state index in [1.165, 1.54) is 0 Å². The van der Waals surface area contributed by atoms with E-state index >= 15 is 0 Å². The average Bonchev–Trinajstić information content (AvgIpc) is 2.71. The molecule has 0 amide bonds. The summed E-state index contributed by atoms with van der Waals surface area (Å²) < 4.78 is 10.8. The Labute approximate surface area is 151 Å². The number of rotatable bonds is 4. The van der Waals surface area contributed by atoms with Crippen molar-refractivity contribution in [3.8, 4) is 11.5 Å².